The second kappa shape index (κ2) is 15.4. The van der Waals surface area contributed by atoms with E-state index in [1.807, 2.05) is 22.7 Å². The normalized spacial score (nSPS) is 14.1. The van der Waals surface area contributed by atoms with Gasteiger partial charge in [0, 0.05) is 59.5 Å². The minimum Gasteiger partial charge on any atom is -0.288 e. The highest BCUT2D eigenvalue weighted by Crippen LogP contribution is 2.53. The van der Waals surface area contributed by atoms with Crippen LogP contribution in [-0.2, 0) is 12.8 Å². The summed E-state index contributed by atoms with van der Waals surface area (Å²) in [6, 6.07) is 13.2. The van der Waals surface area contributed by atoms with Crippen LogP contribution in [0.15, 0.2) is 36.4 Å². The lowest BCUT2D eigenvalue weighted by Crippen LogP contribution is -2.22. The molecule has 2 unspecified atom stereocenters. The number of carbonyl (C=O) groups is 2. The third-order valence-electron chi connectivity index (χ3n) is 10.3. The molecule has 2 atom stereocenters. The van der Waals surface area contributed by atoms with Gasteiger partial charge in [-0.25, -0.2) is 0 Å². The molecule has 6 heterocycles. The maximum Gasteiger partial charge on any atom is 0.197 e. The number of fused-ring (bicyclic) bond motifs is 3. The maximum atomic E-state index is 15.2. The predicted octanol–water partition coefficient (Wildman–Crippen LogP) is 15.1. The molecule has 1 aliphatic carbocycles. The minimum absolute atomic E-state index is 0.0758. The Morgan fingerprint density at radius 1 is 0.520 bits per heavy atom. The molecule has 7 rings (SSSR count). The average molecular weight is 775 g/mol. The Balaban J connectivity index is 1.37. The highest BCUT2D eigenvalue weighted by atomic mass is 32.1. The van der Waals surface area contributed by atoms with Crippen LogP contribution in [0.4, 0.5) is 0 Å². The van der Waals surface area contributed by atoms with E-state index in [1.165, 1.54) is 67.4 Å². The van der Waals surface area contributed by atoms with Crippen LogP contribution in [0.25, 0.3) is 38.7 Å². The first kappa shape index (κ1) is 36.2. The summed E-state index contributed by atoms with van der Waals surface area (Å²) >= 11 is 10.6. The first-order valence-electron chi connectivity index (χ1n) is 18.3. The van der Waals surface area contributed by atoms with Gasteiger partial charge in [-0.2, -0.15) is 0 Å². The summed E-state index contributed by atoms with van der Waals surface area (Å²) in [5.74, 6) is 1.20. The molecule has 262 valence electrons. The SMILES string of the molecule is CCCCC(CC)Cc1sc(CC(CC)CCCC)c2c1C(=O)c1c(-c3ccc(C)s3)sc(-c3ccc(-c4cc5sc(C)cc5s4)s3)c1C2=O. The molecule has 0 amide bonds. The number of hydrogen-bond acceptors (Lipinski definition) is 8. The lowest BCUT2D eigenvalue weighted by atomic mass is 9.81. The molecule has 0 spiro atoms. The third-order valence-corrected chi connectivity index (χ3v) is 17.5. The molecule has 2 nitrogen and oxygen atoms in total. The monoisotopic (exact) mass is 774 g/mol. The summed E-state index contributed by atoms with van der Waals surface area (Å²) in [6.07, 6.45) is 11.0. The van der Waals surface area contributed by atoms with Crippen LogP contribution in [0.2, 0.25) is 0 Å². The third kappa shape index (κ3) is 6.85. The molecule has 0 radical (unpaired) electrons. The van der Waals surface area contributed by atoms with E-state index in [9.17, 15) is 0 Å². The van der Waals surface area contributed by atoms with Crippen molar-refractivity contribution in [3.05, 3.63) is 78.2 Å². The molecule has 0 saturated heterocycles. The van der Waals surface area contributed by atoms with Crippen molar-refractivity contribution in [3.8, 4) is 29.3 Å². The van der Waals surface area contributed by atoms with Crippen molar-refractivity contribution in [2.45, 2.75) is 106 Å². The fraction of sp³-hybridized carbons (Fsp3) is 0.429. The molecule has 6 aromatic rings. The van der Waals surface area contributed by atoms with Gasteiger partial charge in [-0.15, -0.1) is 68.0 Å². The fourth-order valence-corrected chi connectivity index (χ4v) is 14.7. The number of carbonyl (C=O) groups excluding carboxylic acids is 2. The quantitative estimate of drug-likeness (QED) is 0.104. The van der Waals surface area contributed by atoms with Gasteiger partial charge in [-0.05, 0) is 74.9 Å². The van der Waals surface area contributed by atoms with Crippen LogP contribution in [0, 0.1) is 25.7 Å². The zero-order chi connectivity index (χ0) is 35.1. The van der Waals surface area contributed by atoms with Crippen molar-refractivity contribution < 1.29 is 9.59 Å². The van der Waals surface area contributed by atoms with E-state index in [-0.39, 0.29) is 11.6 Å². The van der Waals surface area contributed by atoms with Crippen LogP contribution in [0.3, 0.4) is 0 Å². The summed E-state index contributed by atoms with van der Waals surface area (Å²) in [6.45, 7) is 13.4. The molecule has 0 bridgehead atoms. The van der Waals surface area contributed by atoms with Gasteiger partial charge in [0.25, 0.3) is 0 Å². The summed E-state index contributed by atoms with van der Waals surface area (Å²) in [5, 5.41) is 0. The van der Waals surface area contributed by atoms with E-state index in [2.05, 4.69) is 77.9 Å². The van der Waals surface area contributed by atoms with Crippen molar-refractivity contribution in [2.75, 3.05) is 0 Å². The van der Waals surface area contributed by atoms with Crippen LogP contribution in [0.5, 0.6) is 0 Å². The number of thiophene rings is 6. The molecule has 0 aromatic carbocycles. The largest absolute Gasteiger partial charge is 0.288 e. The molecule has 0 fully saturated rings. The number of rotatable bonds is 15. The molecular weight excluding hydrogens is 729 g/mol. The van der Waals surface area contributed by atoms with E-state index in [1.54, 1.807) is 45.3 Å². The average Bonchev–Trinajstić information content (AvgIpc) is 3.94. The molecule has 1 aliphatic rings. The number of unbranched alkanes of at least 4 members (excludes halogenated alkanes) is 2. The lowest BCUT2D eigenvalue weighted by Gasteiger charge is -2.19. The lowest BCUT2D eigenvalue weighted by molar-refractivity contribution is 0.0980. The highest BCUT2D eigenvalue weighted by Gasteiger charge is 2.42. The second-order valence-corrected chi connectivity index (χ2v) is 20.8. The minimum atomic E-state index is 0.0758. The Hall–Kier alpha value is -2.20. The highest BCUT2D eigenvalue weighted by molar-refractivity contribution is 7.32. The van der Waals surface area contributed by atoms with E-state index in [0.717, 1.165) is 66.1 Å². The van der Waals surface area contributed by atoms with Crippen molar-refractivity contribution in [3.63, 3.8) is 0 Å². The Morgan fingerprint density at radius 2 is 1.06 bits per heavy atom. The van der Waals surface area contributed by atoms with Gasteiger partial charge in [0.1, 0.15) is 0 Å². The fourth-order valence-electron chi connectivity index (χ4n) is 7.40. The zero-order valence-electron chi connectivity index (χ0n) is 30.0. The predicted molar refractivity (Wildman–Crippen MR) is 224 cm³/mol. The summed E-state index contributed by atoms with van der Waals surface area (Å²) in [7, 11) is 0. The van der Waals surface area contributed by atoms with E-state index < -0.39 is 0 Å². The van der Waals surface area contributed by atoms with Gasteiger partial charge >= 0.3 is 0 Å². The number of ketones is 2. The van der Waals surface area contributed by atoms with Gasteiger partial charge in [0.15, 0.2) is 11.6 Å². The van der Waals surface area contributed by atoms with Gasteiger partial charge < -0.3 is 0 Å². The molecule has 8 heteroatoms. The summed E-state index contributed by atoms with van der Waals surface area (Å²) in [5.41, 5.74) is 2.77. The molecule has 6 aromatic heterocycles. The standard InChI is InChI=1S/C42H46O2S6/c1-7-11-13-25(9-3)20-33-35-36(34(49-33)21-26(10-4)14-12-8-2)40(44)38-37(39(35)43)41(28-16-15-23(5)45-28)50-42(38)29-18-17-27(47-29)31-22-32-30(48-31)19-24(6)46-32/h15-19,22,25-26H,7-14,20-21H2,1-6H3. The Morgan fingerprint density at radius 3 is 1.58 bits per heavy atom. The van der Waals surface area contributed by atoms with Gasteiger partial charge in [0.05, 0.1) is 20.9 Å². The summed E-state index contributed by atoms with van der Waals surface area (Å²) < 4.78 is 2.67. The molecule has 0 N–H and O–H groups in total. The Bertz CT molecular complexity index is 2120. The van der Waals surface area contributed by atoms with Crippen LogP contribution in [-0.4, -0.2) is 11.6 Å². The second-order valence-electron chi connectivity index (χ2n) is 13.9. The summed E-state index contributed by atoms with van der Waals surface area (Å²) in [4.78, 5) is 41.8. The van der Waals surface area contributed by atoms with Crippen LogP contribution >= 0.6 is 68.0 Å². The molecular formula is C42H46O2S6. The Labute approximate surface area is 321 Å². The van der Waals surface area contributed by atoms with Crippen molar-refractivity contribution in [1.29, 1.82) is 0 Å². The van der Waals surface area contributed by atoms with Crippen LogP contribution < -0.4 is 0 Å². The Kier molecular flexibility index (Phi) is 11.2. The van der Waals surface area contributed by atoms with Crippen molar-refractivity contribution in [1.82, 2.24) is 0 Å². The first-order chi connectivity index (χ1) is 24.2. The van der Waals surface area contributed by atoms with E-state index >= 15 is 9.59 Å². The molecule has 50 heavy (non-hydrogen) atoms. The maximum absolute atomic E-state index is 15.2. The van der Waals surface area contributed by atoms with Crippen molar-refractivity contribution in [2.24, 2.45) is 11.8 Å². The smallest absolute Gasteiger partial charge is 0.197 e. The zero-order valence-corrected chi connectivity index (χ0v) is 34.9. The van der Waals surface area contributed by atoms with E-state index in [4.69, 9.17) is 0 Å². The topological polar surface area (TPSA) is 34.1 Å². The number of aryl methyl sites for hydroxylation is 2. The molecule has 0 saturated carbocycles. The molecule has 0 aliphatic heterocycles. The van der Waals surface area contributed by atoms with E-state index in [0.29, 0.717) is 23.0 Å². The van der Waals surface area contributed by atoms with Gasteiger partial charge in [-0.3, -0.25) is 9.59 Å². The van der Waals surface area contributed by atoms with Crippen LogP contribution in [0.1, 0.15) is 130 Å². The van der Waals surface area contributed by atoms with Gasteiger partial charge in [0.2, 0.25) is 0 Å². The van der Waals surface area contributed by atoms with Gasteiger partial charge in [-0.1, -0.05) is 79.1 Å². The number of hydrogen-bond donors (Lipinski definition) is 0. The first-order valence-corrected chi connectivity index (χ1v) is 23.2. The van der Waals surface area contributed by atoms with Crippen molar-refractivity contribution >= 4 is 89.0 Å².